The Hall–Kier alpha value is -1.69. The van der Waals surface area contributed by atoms with E-state index in [1.54, 1.807) is 19.1 Å². The van der Waals surface area contributed by atoms with E-state index in [2.05, 4.69) is 18.8 Å². The minimum absolute atomic E-state index is 0.0734. The average molecular weight is 279 g/mol. The van der Waals surface area contributed by atoms with Gasteiger partial charge in [0.25, 0.3) is 0 Å². The number of nitro groups is 1. The number of nitrogens with two attached hydrogens (primary N) is 1. The van der Waals surface area contributed by atoms with Gasteiger partial charge in [-0.05, 0) is 34.9 Å². The first-order valence-electron chi connectivity index (χ1n) is 6.98. The van der Waals surface area contributed by atoms with Crippen LogP contribution in [-0.4, -0.2) is 22.1 Å². The molecule has 6 heteroatoms. The normalized spacial score (nSPS) is 24.0. The first kappa shape index (κ1) is 14.7. The maximum Gasteiger partial charge on any atom is 0.406 e. The lowest BCUT2D eigenvalue weighted by atomic mass is 9.59. The molecule has 20 heavy (non-hydrogen) atoms. The van der Waals surface area contributed by atoms with Crippen molar-refractivity contribution in [1.29, 1.82) is 0 Å². The number of rotatable bonds is 5. The van der Waals surface area contributed by atoms with Gasteiger partial charge in [-0.2, -0.15) is 0 Å². The Morgan fingerprint density at radius 2 is 2.15 bits per heavy atom. The smallest absolute Gasteiger partial charge is 0.406 e. The molecule has 1 heterocycles. The molecule has 0 bridgehead atoms. The number of hydrogen-bond donors (Lipinski definition) is 1. The molecule has 0 saturated heterocycles. The molecular formula is C14H21N3O3. The van der Waals surface area contributed by atoms with Crippen LogP contribution in [0.2, 0.25) is 0 Å². The minimum Gasteiger partial charge on any atom is -0.482 e. The summed E-state index contributed by atoms with van der Waals surface area (Å²) in [6.45, 7) is 5.89. The predicted octanol–water partition coefficient (Wildman–Crippen LogP) is 2.58. The lowest BCUT2D eigenvalue weighted by Crippen LogP contribution is -2.63. The molecular weight excluding hydrogens is 258 g/mol. The first-order chi connectivity index (χ1) is 9.44. The zero-order valence-electron chi connectivity index (χ0n) is 12.1. The van der Waals surface area contributed by atoms with Crippen LogP contribution in [0.15, 0.2) is 12.1 Å². The molecule has 0 aliphatic heterocycles. The van der Waals surface area contributed by atoms with Crippen molar-refractivity contribution in [3.8, 4) is 5.75 Å². The van der Waals surface area contributed by atoms with Gasteiger partial charge < -0.3 is 20.6 Å². The van der Waals surface area contributed by atoms with Crippen LogP contribution in [0.4, 0.5) is 5.82 Å². The average Bonchev–Trinajstić information content (AvgIpc) is 2.41. The fourth-order valence-electron chi connectivity index (χ4n) is 3.08. The molecule has 0 radical (unpaired) electrons. The Kier molecular flexibility index (Phi) is 3.94. The lowest BCUT2D eigenvalue weighted by molar-refractivity contribution is -0.391. The predicted molar refractivity (Wildman–Crippen MR) is 75.7 cm³/mol. The van der Waals surface area contributed by atoms with Gasteiger partial charge in [0.05, 0.1) is 0 Å². The fourth-order valence-corrected chi connectivity index (χ4v) is 3.08. The van der Waals surface area contributed by atoms with E-state index in [0.717, 1.165) is 19.3 Å². The molecule has 2 N–H and O–H groups in total. The van der Waals surface area contributed by atoms with Crippen LogP contribution in [0.1, 0.15) is 38.8 Å². The number of ether oxygens (including phenoxy) is 1. The van der Waals surface area contributed by atoms with Gasteiger partial charge >= 0.3 is 5.82 Å². The summed E-state index contributed by atoms with van der Waals surface area (Å²) < 4.78 is 5.88. The van der Waals surface area contributed by atoms with E-state index < -0.39 is 4.92 Å². The maximum atomic E-state index is 11.1. The van der Waals surface area contributed by atoms with Crippen LogP contribution in [0.5, 0.6) is 5.75 Å². The monoisotopic (exact) mass is 279 g/mol. The largest absolute Gasteiger partial charge is 0.482 e. The third kappa shape index (κ3) is 2.24. The van der Waals surface area contributed by atoms with Crippen LogP contribution >= 0.6 is 0 Å². The fraction of sp³-hybridized carbons (Fsp3) is 0.643. The van der Waals surface area contributed by atoms with Crippen molar-refractivity contribution in [2.24, 2.45) is 11.1 Å². The van der Waals surface area contributed by atoms with Crippen molar-refractivity contribution < 1.29 is 9.66 Å². The molecule has 1 saturated carbocycles. The highest BCUT2D eigenvalue weighted by atomic mass is 16.6. The number of aromatic nitrogens is 1. The topological polar surface area (TPSA) is 91.3 Å². The van der Waals surface area contributed by atoms with Gasteiger partial charge in [0.1, 0.15) is 11.8 Å². The summed E-state index contributed by atoms with van der Waals surface area (Å²) in [5, 5.41) is 11.1. The van der Waals surface area contributed by atoms with Crippen molar-refractivity contribution in [2.45, 2.75) is 52.2 Å². The Morgan fingerprint density at radius 3 is 2.65 bits per heavy atom. The molecule has 1 aromatic heterocycles. The molecule has 1 fully saturated rings. The second-order valence-electron chi connectivity index (χ2n) is 5.42. The summed E-state index contributed by atoms with van der Waals surface area (Å²) in [4.78, 5) is 14.5. The third-order valence-corrected chi connectivity index (χ3v) is 4.58. The SMILES string of the molecule is CCC1(CC)C(N)CC1Oc1ccc(C)nc1[N+](=O)[O-]. The van der Waals surface area contributed by atoms with Gasteiger partial charge in [0, 0.05) is 24.8 Å². The quantitative estimate of drug-likeness (QED) is 0.660. The van der Waals surface area contributed by atoms with Crippen molar-refractivity contribution in [2.75, 3.05) is 0 Å². The van der Waals surface area contributed by atoms with E-state index in [0.29, 0.717) is 5.69 Å². The summed E-state index contributed by atoms with van der Waals surface area (Å²) in [5.74, 6) is 0.0235. The molecule has 0 aromatic carbocycles. The van der Waals surface area contributed by atoms with Crippen molar-refractivity contribution >= 4 is 5.82 Å². The van der Waals surface area contributed by atoms with E-state index >= 15 is 0 Å². The zero-order chi connectivity index (χ0) is 14.9. The number of nitrogens with zero attached hydrogens (tertiary/aromatic N) is 2. The van der Waals surface area contributed by atoms with E-state index in [4.69, 9.17) is 10.5 Å². The second-order valence-corrected chi connectivity index (χ2v) is 5.42. The molecule has 1 aliphatic carbocycles. The number of pyridine rings is 1. The zero-order valence-corrected chi connectivity index (χ0v) is 12.1. The Bertz CT molecular complexity index is 514. The molecule has 1 aromatic rings. The van der Waals surface area contributed by atoms with Crippen LogP contribution in [0.25, 0.3) is 0 Å². The molecule has 0 spiro atoms. The van der Waals surface area contributed by atoms with Gasteiger partial charge in [-0.3, -0.25) is 0 Å². The highest BCUT2D eigenvalue weighted by molar-refractivity contribution is 5.40. The first-order valence-corrected chi connectivity index (χ1v) is 6.98. The summed E-state index contributed by atoms with van der Waals surface area (Å²) in [6.07, 6.45) is 2.47. The number of aryl methyl sites for hydroxylation is 1. The summed E-state index contributed by atoms with van der Waals surface area (Å²) in [6, 6.07) is 3.45. The molecule has 0 amide bonds. The van der Waals surface area contributed by atoms with Crippen molar-refractivity contribution in [3.63, 3.8) is 0 Å². The Labute approximate surface area is 118 Å². The molecule has 1 aliphatic rings. The van der Waals surface area contributed by atoms with E-state index in [9.17, 15) is 10.1 Å². The van der Waals surface area contributed by atoms with Crippen molar-refractivity contribution in [3.05, 3.63) is 27.9 Å². The molecule has 6 nitrogen and oxygen atoms in total. The highest BCUT2D eigenvalue weighted by Gasteiger charge is 2.53. The van der Waals surface area contributed by atoms with E-state index in [-0.39, 0.29) is 29.1 Å². The minimum atomic E-state index is -0.500. The van der Waals surface area contributed by atoms with Gasteiger partial charge in [-0.15, -0.1) is 0 Å². The lowest BCUT2D eigenvalue weighted by Gasteiger charge is -2.53. The van der Waals surface area contributed by atoms with Crippen LogP contribution in [-0.2, 0) is 0 Å². The third-order valence-electron chi connectivity index (χ3n) is 4.58. The molecule has 2 unspecified atom stereocenters. The highest BCUT2D eigenvalue weighted by Crippen LogP contribution is 2.48. The van der Waals surface area contributed by atoms with Gasteiger partial charge in [-0.1, -0.05) is 13.8 Å². The molecule has 2 rings (SSSR count). The van der Waals surface area contributed by atoms with Crippen molar-refractivity contribution in [1.82, 2.24) is 4.98 Å². The second kappa shape index (κ2) is 5.36. The van der Waals surface area contributed by atoms with Crippen LogP contribution in [0, 0.1) is 22.5 Å². The van der Waals surface area contributed by atoms with E-state index in [1.165, 1.54) is 0 Å². The van der Waals surface area contributed by atoms with Crippen LogP contribution in [0.3, 0.4) is 0 Å². The summed E-state index contributed by atoms with van der Waals surface area (Å²) in [7, 11) is 0. The van der Waals surface area contributed by atoms with Crippen LogP contribution < -0.4 is 10.5 Å². The van der Waals surface area contributed by atoms with Gasteiger partial charge in [-0.25, -0.2) is 0 Å². The molecule has 2 atom stereocenters. The van der Waals surface area contributed by atoms with Gasteiger partial charge in [0.2, 0.25) is 5.75 Å². The summed E-state index contributed by atoms with van der Waals surface area (Å²) in [5.41, 5.74) is 6.63. The van der Waals surface area contributed by atoms with E-state index in [1.807, 2.05) is 0 Å². The maximum absolute atomic E-state index is 11.1. The Morgan fingerprint density at radius 1 is 1.50 bits per heavy atom. The standard InChI is InChI=1S/C14H21N3O3/c1-4-14(5-2)11(15)8-12(14)20-10-7-6-9(3)16-13(10)17(18)19/h6-7,11-12H,4-5,8,15H2,1-3H3. The Balaban J connectivity index is 2.25. The molecule has 110 valence electrons. The summed E-state index contributed by atoms with van der Waals surface area (Å²) >= 11 is 0. The van der Waals surface area contributed by atoms with Gasteiger partial charge in [0.15, 0.2) is 0 Å². The number of hydrogen-bond acceptors (Lipinski definition) is 5.